The second kappa shape index (κ2) is 11.0. The van der Waals surface area contributed by atoms with Crippen molar-refractivity contribution in [2.24, 2.45) is 10.7 Å². The van der Waals surface area contributed by atoms with Gasteiger partial charge in [-0.3, -0.25) is 0 Å². The molecule has 0 unspecified atom stereocenters. The fraction of sp³-hybridized carbons (Fsp3) is 0.588. The molecule has 1 aromatic heterocycles. The predicted octanol–water partition coefficient (Wildman–Crippen LogP) is 1.79. The lowest BCUT2D eigenvalue weighted by atomic mass is 10.1. The number of ether oxygens (including phenoxy) is 1. The molecule has 9 heteroatoms. The van der Waals surface area contributed by atoms with E-state index in [1.165, 1.54) is 0 Å². The van der Waals surface area contributed by atoms with Crippen LogP contribution in [0.3, 0.4) is 0 Å². The lowest BCUT2D eigenvalue weighted by molar-refractivity contribution is 0.0963. The van der Waals surface area contributed by atoms with Gasteiger partial charge in [0.15, 0.2) is 5.96 Å². The highest BCUT2D eigenvalue weighted by molar-refractivity contribution is 14.0. The van der Waals surface area contributed by atoms with E-state index in [9.17, 15) is 4.79 Å². The Kier molecular flexibility index (Phi) is 9.46. The van der Waals surface area contributed by atoms with E-state index in [1.807, 2.05) is 38.1 Å². The van der Waals surface area contributed by atoms with E-state index < -0.39 is 0 Å². The van der Waals surface area contributed by atoms with Crippen LogP contribution in [-0.4, -0.2) is 61.8 Å². The lowest BCUT2D eigenvalue weighted by Gasteiger charge is -2.31. The Morgan fingerprint density at radius 1 is 1.46 bits per heavy atom. The van der Waals surface area contributed by atoms with E-state index in [0.717, 1.165) is 24.2 Å². The smallest absolute Gasteiger partial charge is 0.409 e. The Morgan fingerprint density at radius 2 is 2.15 bits per heavy atom. The highest BCUT2D eigenvalue weighted by Crippen LogP contribution is 2.12. The van der Waals surface area contributed by atoms with Crippen molar-refractivity contribution in [3.05, 3.63) is 23.9 Å². The first kappa shape index (κ1) is 22.3. The molecule has 0 atom stereocenters. The molecular weight excluding hydrogens is 447 g/mol. The summed E-state index contributed by atoms with van der Waals surface area (Å²) < 4.78 is 5.02. The molecule has 1 aliphatic rings. The summed E-state index contributed by atoms with van der Waals surface area (Å²) in [5.41, 5.74) is 7.06. The highest BCUT2D eigenvalue weighted by atomic mass is 127. The van der Waals surface area contributed by atoms with Crippen molar-refractivity contribution in [1.82, 2.24) is 15.2 Å². The van der Waals surface area contributed by atoms with E-state index in [-0.39, 0.29) is 36.1 Å². The van der Waals surface area contributed by atoms with Crippen LogP contribution in [0.2, 0.25) is 0 Å². The average Bonchev–Trinajstić information content (AvgIpc) is 2.61. The fourth-order valence-electron chi connectivity index (χ4n) is 2.66. The van der Waals surface area contributed by atoms with Crippen LogP contribution in [0.4, 0.5) is 10.6 Å². The van der Waals surface area contributed by atoms with E-state index in [0.29, 0.717) is 32.2 Å². The van der Waals surface area contributed by atoms with Gasteiger partial charge in [0.25, 0.3) is 0 Å². The van der Waals surface area contributed by atoms with Gasteiger partial charge in [-0.15, -0.1) is 24.0 Å². The molecular formula is C17H29IN6O2. The van der Waals surface area contributed by atoms with E-state index >= 15 is 0 Å². The number of pyridine rings is 1. The Labute approximate surface area is 172 Å². The number of nitrogens with one attached hydrogen (secondary N) is 1. The van der Waals surface area contributed by atoms with Gasteiger partial charge in [0.05, 0.1) is 13.2 Å². The zero-order chi connectivity index (χ0) is 18.2. The van der Waals surface area contributed by atoms with Crippen molar-refractivity contribution >= 4 is 41.8 Å². The third kappa shape index (κ3) is 6.85. The van der Waals surface area contributed by atoms with E-state index in [4.69, 9.17) is 10.5 Å². The van der Waals surface area contributed by atoms with Crippen LogP contribution in [0.1, 0.15) is 25.3 Å². The van der Waals surface area contributed by atoms with Crippen molar-refractivity contribution in [3.63, 3.8) is 0 Å². The van der Waals surface area contributed by atoms with Gasteiger partial charge >= 0.3 is 6.09 Å². The summed E-state index contributed by atoms with van der Waals surface area (Å²) in [6.45, 7) is 4.05. The molecule has 1 amide bonds. The molecule has 146 valence electrons. The molecule has 3 N–H and O–H groups in total. The van der Waals surface area contributed by atoms with E-state index in [1.54, 1.807) is 11.1 Å². The van der Waals surface area contributed by atoms with Crippen LogP contribution in [-0.2, 0) is 11.3 Å². The number of amides is 1. The number of aliphatic imine (C=N–C) groups is 1. The standard InChI is InChI=1S/C17H28N6O2.HI/c1-4-25-17(24)23-9-6-14(7-10-23)21-16(18)20-12-13-5-8-19-15(11-13)22(2)3;/h5,8,11,14H,4,6-7,9-10,12H2,1-3H3,(H3,18,20,21);1H. The quantitative estimate of drug-likeness (QED) is 0.382. The predicted molar refractivity (Wildman–Crippen MR) is 114 cm³/mol. The number of hydrogen-bond donors (Lipinski definition) is 2. The van der Waals surface area contributed by atoms with Gasteiger partial charge < -0.3 is 25.6 Å². The van der Waals surface area contributed by atoms with Crippen molar-refractivity contribution in [2.75, 3.05) is 38.7 Å². The van der Waals surface area contributed by atoms with Crippen molar-refractivity contribution in [2.45, 2.75) is 32.4 Å². The summed E-state index contributed by atoms with van der Waals surface area (Å²) in [6.07, 6.45) is 3.19. The molecule has 1 fully saturated rings. The van der Waals surface area contributed by atoms with Crippen LogP contribution < -0.4 is 16.0 Å². The summed E-state index contributed by atoms with van der Waals surface area (Å²) in [6, 6.07) is 4.15. The molecule has 0 saturated carbocycles. The fourth-order valence-corrected chi connectivity index (χ4v) is 2.66. The van der Waals surface area contributed by atoms with Gasteiger partial charge in [-0.05, 0) is 37.5 Å². The first-order valence-corrected chi connectivity index (χ1v) is 8.60. The maximum atomic E-state index is 11.7. The molecule has 1 saturated heterocycles. The molecule has 26 heavy (non-hydrogen) atoms. The Morgan fingerprint density at radius 3 is 2.77 bits per heavy atom. The van der Waals surface area contributed by atoms with E-state index in [2.05, 4.69) is 15.3 Å². The molecule has 1 aromatic rings. The SMILES string of the molecule is CCOC(=O)N1CCC(NC(N)=NCc2ccnc(N(C)C)c2)CC1.I. The largest absolute Gasteiger partial charge is 0.450 e. The molecule has 8 nitrogen and oxygen atoms in total. The number of hydrogen-bond acceptors (Lipinski definition) is 5. The van der Waals surface area contributed by atoms with Crippen molar-refractivity contribution < 1.29 is 9.53 Å². The first-order valence-electron chi connectivity index (χ1n) is 8.60. The first-order chi connectivity index (χ1) is 12.0. The second-order valence-electron chi connectivity index (χ2n) is 6.22. The van der Waals surface area contributed by atoms with Gasteiger partial charge in [-0.2, -0.15) is 0 Å². The lowest BCUT2D eigenvalue weighted by Crippen LogP contribution is -2.48. The van der Waals surface area contributed by atoms with Crippen molar-refractivity contribution in [1.29, 1.82) is 0 Å². The Bertz CT molecular complexity index is 603. The zero-order valence-electron chi connectivity index (χ0n) is 15.6. The molecule has 0 aliphatic carbocycles. The van der Waals surface area contributed by atoms with Gasteiger partial charge in [-0.25, -0.2) is 14.8 Å². The molecule has 0 radical (unpaired) electrons. The van der Waals surface area contributed by atoms with Gasteiger partial charge in [0.1, 0.15) is 5.82 Å². The number of nitrogens with two attached hydrogens (primary N) is 1. The number of carbonyl (C=O) groups is 1. The zero-order valence-corrected chi connectivity index (χ0v) is 18.0. The average molecular weight is 476 g/mol. The maximum Gasteiger partial charge on any atom is 0.409 e. The number of aromatic nitrogens is 1. The summed E-state index contributed by atoms with van der Waals surface area (Å²) >= 11 is 0. The maximum absolute atomic E-state index is 11.7. The molecule has 0 bridgehead atoms. The number of halogens is 1. The normalized spacial score (nSPS) is 15.2. The van der Waals surface area contributed by atoms with Crippen LogP contribution >= 0.6 is 24.0 Å². The number of guanidine groups is 1. The molecule has 0 aromatic carbocycles. The monoisotopic (exact) mass is 476 g/mol. The third-order valence-electron chi connectivity index (χ3n) is 4.07. The van der Waals surface area contributed by atoms with Crippen LogP contribution in [0.25, 0.3) is 0 Å². The van der Waals surface area contributed by atoms with Gasteiger partial charge in [-0.1, -0.05) is 0 Å². The number of carbonyl (C=O) groups excluding carboxylic acids is 1. The molecule has 2 rings (SSSR count). The molecule has 1 aliphatic heterocycles. The van der Waals surface area contributed by atoms with Crippen LogP contribution in [0.5, 0.6) is 0 Å². The van der Waals surface area contributed by atoms with Crippen molar-refractivity contribution in [3.8, 4) is 0 Å². The van der Waals surface area contributed by atoms with Crippen LogP contribution in [0, 0.1) is 0 Å². The second-order valence-corrected chi connectivity index (χ2v) is 6.22. The Hall–Kier alpha value is -1.78. The minimum absolute atomic E-state index is 0. The highest BCUT2D eigenvalue weighted by Gasteiger charge is 2.23. The summed E-state index contributed by atoms with van der Waals surface area (Å²) in [5, 5.41) is 3.24. The number of piperidine rings is 1. The summed E-state index contributed by atoms with van der Waals surface area (Å²) in [7, 11) is 3.90. The summed E-state index contributed by atoms with van der Waals surface area (Å²) in [4.78, 5) is 24.1. The van der Waals surface area contributed by atoms with Gasteiger partial charge in [0, 0.05) is 39.4 Å². The Balaban J connectivity index is 0.00000338. The number of anilines is 1. The molecule has 2 heterocycles. The minimum atomic E-state index is -0.239. The number of likely N-dealkylation sites (tertiary alicyclic amines) is 1. The number of nitrogens with zero attached hydrogens (tertiary/aromatic N) is 4. The van der Waals surface area contributed by atoms with Gasteiger partial charge in [0.2, 0.25) is 0 Å². The minimum Gasteiger partial charge on any atom is -0.450 e. The summed E-state index contributed by atoms with van der Waals surface area (Å²) in [5.74, 6) is 1.32. The number of rotatable bonds is 5. The topological polar surface area (TPSA) is 96.1 Å². The third-order valence-corrected chi connectivity index (χ3v) is 4.07. The molecule has 0 spiro atoms. The van der Waals surface area contributed by atoms with Crippen LogP contribution in [0.15, 0.2) is 23.3 Å².